The highest BCUT2D eigenvalue weighted by molar-refractivity contribution is 5.72. The standard InChI is InChI=1S/C41H78O8/c1-3-5-7-9-11-13-15-17-19-21-23-25-27-29-31-33-38(44)47-41(40(49-41)46-36-37(43)35-42)48-39(45)34-32-30-28-26-24-22-20-18-16-14-12-10-8-6-4-2/h37,40,42-43H,3-36H2,1-2H3. The van der Waals surface area contributed by atoms with Gasteiger partial charge in [-0.05, 0) is 12.8 Å². The van der Waals surface area contributed by atoms with E-state index in [4.69, 9.17) is 24.1 Å². The van der Waals surface area contributed by atoms with Gasteiger partial charge in [-0.1, -0.05) is 194 Å². The fourth-order valence-corrected chi connectivity index (χ4v) is 6.37. The quantitative estimate of drug-likeness (QED) is 0.0283. The van der Waals surface area contributed by atoms with Crippen LogP contribution in [-0.2, 0) is 28.5 Å². The van der Waals surface area contributed by atoms with E-state index in [1.54, 1.807) is 0 Å². The smallest absolute Gasteiger partial charge is 0.394 e. The summed E-state index contributed by atoms with van der Waals surface area (Å²) in [7, 11) is 0. The Balaban J connectivity index is 2.14. The number of hydrogen-bond acceptors (Lipinski definition) is 8. The van der Waals surface area contributed by atoms with Crippen molar-refractivity contribution in [3.05, 3.63) is 0 Å². The van der Waals surface area contributed by atoms with Crippen molar-refractivity contribution in [3.63, 3.8) is 0 Å². The molecule has 49 heavy (non-hydrogen) atoms. The fourth-order valence-electron chi connectivity index (χ4n) is 6.37. The van der Waals surface area contributed by atoms with Crippen LogP contribution in [0.3, 0.4) is 0 Å². The van der Waals surface area contributed by atoms with Crippen LogP contribution in [0, 0.1) is 0 Å². The van der Waals surface area contributed by atoms with E-state index < -0.39 is 36.9 Å². The highest BCUT2D eigenvalue weighted by atomic mass is 17.0. The molecule has 1 fully saturated rings. The zero-order valence-electron chi connectivity index (χ0n) is 32.0. The van der Waals surface area contributed by atoms with Crippen molar-refractivity contribution in [2.24, 2.45) is 0 Å². The molecule has 2 unspecified atom stereocenters. The van der Waals surface area contributed by atoms with E-state index in [-0.39, 0.29) is 19.4 Å². The topological polar surface area (TPSA) is 115 Å². The second kappa shape index (κ2) is 32.7. The minimum Gasteiger partial charge on any atom is -0.394 e. The van der Waals surface area contributed by atoms with E-state index in [2.05, 4.69) is 13.8 Å². The summed E-state index contributed by atoms with van der Waals surface area (Å²) < 4.78 is 21.7. The van der Waals surface area contributed by atoms with Crippen molar-refractivity contribution < 1.29 is 38.7 Å². The maximum atomic E-state index is 12.6. The lowest BCUT2D eigenvalue weighted by molar-refractivity contribution is -0.227. The third kappa shape index (κ3) is 27.1. The van der Waals surface area contributed by atoms with Gasteiger partial charge in [0.15, 0.2) is 0 Å². The molecular formula is C41H78O8. The number of carbonyl (C=O) groups is 2. The average Bonchev–Trinajstić information content (AvgIpc) is 3.77. The summed E-state index contributed by atoms with van der Waals surface area (Å²) in [6, 6.07) is 0. The summed E-state index contributed by atoms with van der Waals surface area (Å²) in [5.74, 6) is -2.89. The number of unbranched alkanes of at least 4 members (excludes halogenated alkanes) is 28. The second-order valence-electron chi connectivity index (χ2n) is 14.6. The summed E-state index contributed by atoms with van der Waals surface area (Å²) in [5, 5.41) is 18.7. The predicted octanol–water partition coefficient (Wildman–Crippen LogP) is 11.0. The van der Waals surface area contributed by atoms with Gasteiger partial charge in [0.2, 0.25) is 0 Å². The molecule has 1 saturated heterocycles. The minimum absolute atomic E-state index is 0.214. The number of aliphatic hydroxyl groups excluding tert-OH is 2. The zero-order valence-corrected chi connectivity index (χ0v) is 32.0. The number of carbonyl (C=O) groups excluding carboxylic acids is 2. The van der Waals surface area contributed by atoms with E-state index >= 15 is 0 Å². The first-order valence-corrected chi connectivity index (χ1v) is 21.0. The van der Waals surface area contributed by atoms with Crippen LogP contribution in [0.4, 0.5) is 0 Å². The van der Waals surface area contributed by atoms with Crippen LogP contribution < -0.4 is 0 Å². The molecule has 290 valence electrons. The maximum absolute atomic E-state index is 12.6. The van der Waals surface area contributed by atoms with Crippen LogP contribution in [0.15, 0.2) is 0 Å². The maximum Gasteiger partial charge on any atom is 0.433 e. The first kappa shape index (κ1) is 45.8. The number of hydrogen-bond donors (Lipinski definition) is 2. The van der Waals surface area contributed by atoms with Crippen LogP contribution in [-0.4, -0.2) is 53.7 Å². The molecule has 0 aromatic heterocycles. The number of aliphatic hydroxyl groups is 2. The number of rotatable bonds is 38. The van der Waals surface area contributed by atoms with Gasteiger partial charge in [0.25, 0.3) is 6.29 Å². The lowest BCUT2D eigenvalue weighted by atomic mass is 10.0. The molecule has 0 spiro atoms. The summed E-state index contributed by atoms with van der Waals surface area (Å²) in [4.78, 5) is 25.2. The van der Waals surface area contributed by atoms with Gasteiger partial charge in [-0.2, -0.15) is 0 Å². The molecule has 8 nitrogen and oxygen atoms in total. The minimum atomic E-state index is -1.89. The Kier molecular flexibility index (Phi) is 30.5. The summed E-state index contributed by atoms with van der Waals surface area (Å²) in [5.41, 5.74) is 0. The molecule has 2 N–H and O–H groups in total. The van der Waals surface area contributed by atoms with Crippen LogP contribution in [0.1, 0.15) is 219 Å². The number of ether oxygens (including phenoxy) is 4. The molecule has 1 aliphatic rings. The molecule has 0 aliphatic carbocycles. The molecule has 2 atom stereocenters. The van der Waals surface area contributed by atoms with Gasteiger partial charge in [0.05, 0.1) is 13.2 Å². The first-order chi connectivity index (χ1) is 24.0. The Morgan fingerprint density at radius 1 is 0.531 bits per heavy atom. The van der Waals surface area contributed by atoms with Crippen molar-refractivity contribution in [2.75, 3.05) is 13.2 Å². The molecule has 8 heteroatoms. The van der Waals surface area contributed by atoms with Crippen molar-refractivity contribution in [1.82, 2.24) is 0 Å². The molecule has 1 heterocycles. The molecule has 0 saturated carbocycles. The lowest BCUT2D eigenvalue weighted by Gasteiger charge is -2.15. The zero-order chi connectivity index (χ0) is 35.7. The van der Waals surface area contributed by atoms with Gasteiger partial charge in [0, 0.05) is 12.8 Å². The SMILES string of the molecule is CCCCCCCCCCCCCCCCCC(=O)OC1(OC(=O)CCCCCCCCCCCCCCCCC)OC1OCC(O)CO. The molecule has 0 amide bonds. The Morgan fingerprint density at radius 2 is 0.816 bits per heavy atom. The monoisotopic (exact) mass is 699 g/mol. The van der Waals surface area contributed by atoms with Crippen LogP contribution in [0.2, 0.25) is 0 Å². The van der Waals surface area contributed by atoms with E-state index in [1.165, 1.54) is 154 Å². The van der Waals surface area contributed by atoms with E-state index in [9.17, 15) is 14.7 Å². The van der Waals surface area contributed by atoms with Gasteiger partial charge in [-0.25, -0.2) is 0 Å². The molecular weight excluding hydrogens is 620 g/mol. The van der Waals surface area contributed by atoms with Gasteiger partial charge in [0.1, 0.15) is 6.10 Å². The number of epoxide rings is 1. The third-order valence-corrected chi connectivity index (χ3v) is 9.63. The van der Waals surface area contributed by atoms with Gasteiger partial charge in [-0.15, -0.1) is 0 Å². The highest BCUT2D eigenvalue weighted by Gasteiger charge is 2.67. The fraction of sp³-hybridized carbons (Fsp3) is 0.951. The van der Waals surface area contributed by atoms with Crippen LogP contribution >= 0.6 is 0 Å². The molecule has 0 bridgehead atoms. The summed E-state index contributed by atoms with van der Waals surface area (Å²) >= 11 is 0. The average molecular weight is 699 g/mol. The third-order valence-electron chi connectivity index (χ3n) is 9.63. The largest absolute Gasteiger partial charge is 0.433 e. The van der Waals surface area contributed by atoms with Crippen molar-refractivity contribution in [3.8, 4) is 0 Å². The first-order valence-electron chi connectivity index (χ1n) is 21.0. The van der Waals surface area contributed by atoms with Gasteiger partial charge >= 0.3 is 17.9 Å². The Labute approximate surface area is 301 Å². The van der Waals surface area contributed by atoms with Gasteiger partial charge < -0.3 is 24.4 Å². The molecule has 0 aromatic carbocycles. The summed E-state index contributed by atoms with van der Waals surface area (Å²) in [6.45, 7) is 3.82. The van der Waals surface area contributed by atoms with Crippen molar-refractivity contribution >= 4 is 11.9 Å². The van der Waals surface area contributed by atoms with E-state index in [0.717, 1.165) is 25.7 Å². The second-order valence-corrected chi connectivity index (χ2v) is 14.6. The Morgan fingerprint density at radius 3 is 1.10 bits per heavy atom. The normalized spacial score (nSPS) is 15.7. The van der Waals surface area contributed by atoms with Crippen LogP contribution in [0.25, 0.3) is 0 Å². The highest BCUT2D eigenvalue weighted by Crippen LogP contribution is 2.41. The molecule has 0 aromatic rings. The molecule has 1 aliphatic heterocycles. The lowest BCUT2D eigenvalue weighted by Crippen LogP contribution is -2.32. The van der Waals surface area contributed by atoms with Crippen molar-refractivity contribution in [1.29, 1.82) is 0 Å². The molecule has 0 radical (unpaired) electrons. The Bertz CT molecular complexity index is 712. The van der Waals surface area contributed by atoms with Gasteiger partial charge in [-0.3, -0.25) is 14.3 Å². The summed E-state index contributed by atoms with van der Waals surface area (Å²) in [6.07, 6.45) is 35.6. The van der Waals surface area contributed by atoms with E-state index in [1.807, 2.05) is 0 Å². The van der Waals surface area contributed by atoms with Crippen molar-refractivity contribution in [2.45, 2.75) is 238 Å². The molecule has 1 rings (SSSR count). The van der Waals surface area contributed by atoms with Crippen LogP contribution in [0.5, 0.6) is 0 Å². The Hall–Kier alpha value is -1.22. The predicted molar refractivity (Wildman–Crippen MR) is 198 cm³/mol. The van der Waals surface area contributed by atoms with E-state index in [0.29, 0.717) is 12.8 Å². The number of esters is 2.